The molecule has 3 aromatic rings. The van der Waals surface area contributed by atoms with E-state index in [0.717, 1.165) is 22.5 Å². The van der Waals surface area contributed by atoms with Crippen molar-refractivity contribution in [2.75, 3.05) is 13.7 Å². The van der Waals surface area contributed by atoms with Gasteiger partial charge < -0.3 is 14.8 Å². The van der Waals surface area contributed by atoms with Gasteiger partial charge in [-0.15, -0.1) is 0 Å². The molecule has 0 fully saturated rings. The molecule has 3 rings (SSSR count). The number of methoxy groups -OCH3 is 1. The molecule has 1 heterocycles. The maximum Gasteiger partial charge on any atom is 0.342 e. The third-order valence-corrected chi connectivity index (χ3v) is 5.12. The number of halogens is 1. The van der Waals surface area contributed by atoms with E-state index in [9.17, 15) is 9.59 Å². The first-order valence-electron chi connectivity index (χ1n) is 9.73. The third-order valence-electron chi connectivity index (χ3n) is 4.88. The lowest BCUT2D eigenvalue weighted by molar-refractivity contribution is -0.124. The number of ether oxygens (including phenoxy) is 2. The van der Waals surface area contributed by atoms with Crippen LogP contribution in [0.5, 0.6) is 5.75 Å². The molecule has 0 saturated carbocycles. The van der Waals surface area contributed by atoms with Crippen LogP contribution in [0.25, 0.3) is 0 Å². The van der Waals surface area contributed by atoms with Crippen molar-refractivity contribution in [3.8, 4) is 5.75 Å². The van der Waals surface area contributed by atoms with Gasteiger partial charge in [-0.2, -0.15) is 5.10 Å². The highest BCUT2D eigenvalue weighted by Crippen LogP contribution is 2.23. The molecule has 1 N–H and O–H groups in total. The topological polar surface area (TPSA) is 82.4 Å². The summed E-state index contributed by atoms with van der Waals surface area (Å²) in [6.45, 7) is 4.41. The molecular formula is C23H24ClN3O4. The molecule has 2 aromatic carbocycles. The van der Waals surface area contributed by atoms with Crippen molar-refractivity contribution in [1.82, 2.24) is 15.1 Å². The summed E-state index contributed by atoms with van der Waals surface area (Å²) >= 11 is 5.93. The zero-order chi connectivity index (χ0) is 22.4. The predicted octanol–water partition coefficient (Wildman–Crippen LogP) is 3.68. The van der Waals surface area contributed by atoms with E-state index < -0.39 is 18.5 Å². The summed E-state index contributed by atoms with van der Waals surface area (Å²) in [5.74, 6) is -0.770. The van der Waals surface area contributed by atoms with Gasteiger partial charge in [-0.1, -0.05) is 41.9 Å². The van der Waals surface area contributed by atoms with Crippen LogP contribution in [0.1, 0.15) is 32.9 Å². The van der Waals surface area contributed by atoms with Gasteiger partial charge in [-0.05, 0) is 37.6 Å². The Balaban J connectivity index is 1.56. The maximum absolute atomic E-state index is 12.3. The zero-order valence-electron chi connectivity index (χ0n) is 17.6. The number of rotatable bonds is 8. The molecule has 7 nitrogen and oxygen atoms in total. The van der Waals surface area contributed by atoms with Crippen LogP contribution in [0, 0.1) is 13.8 Å². The van der Waals surface area contributed by atoms with Gasteiger partial charge in [0.25, 0.3) is 5.91 Å². The average Bonchev–Trinajstić information content (AvgIpc) is 3.03. The highest BCUT2D eigenvalue weighted by atomic mass is 35.5. The molecule has 31 heavy (non-hydrogen) atoms. The van der Waals surface area contributed by atoms with Gasteiger partial charge >= 0.3 is 5.97 Å². The van der Waals surface area contributed by atoms with E-state index in [0.29, 0.717) is 23.9 Å². The fourth-order valence-electron chi connectivity index (χ4n) is 3.19. The van der Waals surface area contributed by atoms with Crippen molar-refractivity contribution in [3.63, 3.8) is 0 Å². The normalized spacial score (nSPS) is 10.6. The van der Waals surface area contributed by atoms with Crippen LogP contribution in [0.15, 0.2) is 48.5 Å². The van der Waals surface area contributed by atoms with Gasteiger partial charge in [0.15, 0.2) is 6.61 Å². The first-order chi connectivity index (χ1) is 14.9. The lowest BCUT2D eigenvalue weighted by Gasteiger charge is -2.10. The van der Waals surface area contributed by atoms with Gasteiger partial charge in [0.05, 0.1) is 19.3 Å². The summed E-state index contributed by atoms with van der Waals surface area (Å²) in [5.41, 5.74) is 4.06. The molecule has 162 valence electrons. The number of hydrogen-bond acceptors (Lipinski definition) is 5. The SMILES string of the molecule is COc1ccc(Cl)cc1C(=O)OCC(=O)NCc1c(C)nn(Cc2ccccc2)c1C. The highest BCUT2D eigenvalue weighted by molar-refractivity contribution is 6.31. The van der Waals surface area contributed by atoms with Crippen molar-refractivity contribution < 1.29 is 19.1 Å². The minimum absolute atomic E-state index is 0.164. The molecule has 1 aromatic heterocycles. The van der Waals surface area contributed by atoms with Crippen molar-refractivity contribution in [1.29, 1.82) is 0 Å². The monoisotopic (exact) mass is 441 g/mol. The summed E-state index contributed by atoms with van der Waals surface area (Å²) in [5, 5.41) is 7.73. The van der Waals surface area contributed by atoms with Crippen molar-refractivity contribution in [3.05, 3.63) is 81.6 Å². The fraction of sp³-hybridized carbons (Fsp3) is 0.261. The quantitative estimate of drug-likeness (QED) is 0.539. The van der Waals surface area contributed by atoms with E-state index in [-0.39, 0.29) is 5.56 Å². The van der Waals surface area contributed by atoms with Gasteiger partial charge in [0.1, 0.15) is 11.3 Å². The number of nitrogens with zero attached hydrogens (tertiary/aromatic N) is 2. The number of carbonyl (C=O) groups excluding carboxylic acids is 2. The minimum atomic E-state index is -0.683. The van der Waals surface area contributed by atoms with E-state index in [1.165, 1.54) is 13.2 Å². The molecule has 0 spiro atoms. The van der Waals surface area contributed by atoms with Crippen LogP contribution in [-0.4, -0.2) is 35.4 Å². The highest BCUT2D eigenvalue weighted by Gasteiger charge is 2.17. The summed E-state index contributed by atoms with van der Waals surface area (Å²) in [6.07, 6.45) is 0. The van der Waals surface area contributed by atoms with Crippen molar-refractivity contribution >= 4 is 23.5 Å². The molecule has 0 bridgehead atoms. The Labute approximate surface area is 185 Å². The molecule has 0 unspecified atom stereocenters. The second kappa shape index (κ2) is 10.1. The largest absolute Gasteiger partial charge is 0.496 e. The molecule has 0 saturated heterocycles. The fourth-order valence-corrected chi connectivity index (χ4v) is 3.36. The summed E-state index contributed by atoms with van der Waals surface area (Å²) < 4.78 is 12.2. The average molecular weight is 442 g/mol. The Bertz CT molecular complexity index is 1080. The van der Waals surface area contributed by atoms with E-state index in [1.807, 2.05) is 48.9 Å². The number of carbonyl (C=O) groups is 2. The van der Waals surface area contributed by atoms with Crippen LogP contribution in [0.4, 0.5) is 0 Å². The molecule has 0 aliphatic heterocycles. The van der Waals surface area contributed by atoms with Gasteiger partial charge in [0.2, 0.25) is 0 Å². The third kappa shape index (κ3) is 5.64. The second-order valence-corrected chi connectivity index (χ2v) is 7.43. The van der Waals surface area contributed by atoms with Crippen LogP contribution in [0.3, 0.4) is 0 Å². The van der Waals surface area contributed by atoms with E-state index in [1.54, 1.807) is 12.1 Å². The van der Waals surface area contributed by atoms with E-state index in [4.69, 9.17) is 21.1 Å². The van der Waals surface area contributed by atoms with Crippen LogP contribution >= 0.6 is 11.6 Å². The molecule has 0 aliphatic rings. The number of aryl methyl sites for hydroxylation is 1. The van der Waals surface area contributed by atoms with Crippen LogP contribution in [-0.2, 0) is 22.6 Å². The molecule has 0 atom stereocenters. The van der Waals surface area contributed by atoms with Crippen molar-refractivity contribution in [2.45, 2.75) is 26.9 Å². The van der Waals surface area contributed by atoms with Crippen LogP contribution < -0.4 is 10.1 Å². The van der Waals surface area contributed by atoms with Gasteiger partial charge in [-0.25, -0.2) is 4.79 Å². The number of amides is 1. The Morgan fingerprint density at radius 2 is 1.87 bits per heavy atom. The van der Waals surface area contributed by atoms with E-state index >= 15 is 0 Å². The Morgan fingerprint density at radius 1 is 1.13 bits per heavy atom. The molecule has 0 radical (unpaired) electrons. The van der Waals surface area contributed by atoms with Crippen LogP contribution in [0.2, 0.25) is 5.02 Å². The zero-order valence-corrected chi connectivity index (χ0v) is 18.4. The summed E-state index contributed by atoms with van der Waals surface area (Å²) in [6, 6.07) is 14.6. The number of aromatic nitrogens is 2. The maximum atomic E-state index is 12.3. The Hall–Kier alpha value is -3.32. The first-order valence-corrected chi connectivity index (χ1v) is 10.1. The number of esters is 1. The standard InChI is InChI=1S/C23H24ClN3O4/c1-15-20(16(2)27(26-15)13-17-7-5-4-6-8-17)12-25-22(28)14-31-23(29)19-11-18(24)9-10-21(19)30-3/h4-11H,12-14H2,1-3H3,(H,25,28). The van der Waals surface area contributed by atoms with E-state index in [2.05, 4.69) is 10.4 Å². The Morgan fingerprint density at radius 3 is 2.58 bits per heavy atom. The second-order valence-electron chi connectivity index (χ2n) is 6.99. The molecular weight excluding hydrogens is 418 g/mol. The lowest BCUT2D eigenvalue weighted by atomic mass is 10.2. The lowest BCUT2D eigenvalue weighted by Crippen LogP contribution is -2.28. The predicted molar refractivity (Wildman–Crippen MR) is 117 cm³/mol. The van der Waals surface area contributed by atoms with Crippen molar-refractivity contribution in [2.24, 2.45) is 0 Å². The number of nitrogens with one attached hydrogen (secondary N) is 1. The smallest absolute Gasteiger partial charge is 0.342 e. The first kappa shape index (κ1) is 22.4. The summed E-state index contributed by atoms with van der Waals surface area (Å²) in [4.78, 5) is 24.5. The number of benzene rings is 2. The minimum Gasteiger partial charge on any atom is -0.496 e. The molecule has 1 amide bonds. The molecule has 8 heteroatoms. The van der Waals surface area contributed by atoms with Gasteiger partial charge in [-0.3, -0.25) is 9.48 Å². The van der Waals surface area contributed by atoms with Gasteiger partial charge in [0, 0.05) is 22.8 Å². The molecule has 0 aliphatic carbocycles. The Kier molecular flexibility index (Phi) is 7.31. The summed E-state index contributed by atoms with van der Waals surface area (Å²) in [7, 11) is 1.44. The number of hydrogen-bond donors (Lipinski definition) is 1.